The van der Waals surface area contributed by atoms with Gasteiger partial charge >= 0.3 is 0 Å². The second-order valence-corrected chi connectivity index (χ2v) is 5.77. The largest absolute Gasteiger partial charge is 0.384 e. The summed E-state index contributed by atoms with van der Waals surface area (Å²) in [5.74, 6) is 0.474. The quantitative estimate of drug-likeness (QED) is 0.886. The molecule has 1 aliphatic carbocycles. The third kappa shape index (κ3) is 1.55. The Morgan fingerprint density at radius 3 is 2.71 bits per heavy atom. The minimum absolute atomic E-state index is 0.474. The van der Waals surface area contributed by atoms with Gasteiger partial charge in [-0.3, -0.25) is 0 Å². The summed E-state index contributed by atoms with van der Waals surface area (Å²) >= 11 is 5.18. The third-order valence-electron chi connectivity index (χ3n) is 3.33. The summed E-state index contributed by atoms with van der Waals surface area (Å²) in [5, 5.41) is 12.7. The molecular formula is C11H15BrOS. The van der Waals surface area contributed by atoms with E-state index in [1.54, 1.807) is 11.3 Å². The van der Waals surface area contributed by atoms with E-state index in [4.69, 9.17) is 0 Å². The number of aliphatic hydroxyl groups is 1. The predicted octanol–water partition coefficient (Wildman–Crippen LogP) is 3.91. The standard InChI is InChI=1S/C11H15BrOS/c1-2-11(13,8-4-3-5-8)10-9(12)6-7-14-10/h6-8,13H,2-5H2,1H3. The van der Waals surface area contributed by atoms with Gasteiger partial charge in [0.25, 0.3) is 0 Å². The zero-order chi connectivity index (χ0) is 10.2. The summed E-state index contributed by atoms with van der Waals surface area (Å²) in [6.07, 6.45) is 4.44. The lowest BCUT2D eigenvalue weighted by molar-refractivity contribution is -0.0570. The number of hydrogen-bond acceptors (Lipinski definition) is 2. The summed E-state index contributed by atoms with van der Waals surface area (Å²) < 4.78 is 1.07. The van der Waals surface area contributed by atoms with Gasteiger partial charge in [0.05, 0.1) is 4.88 Å². The summed E-state index contributed by atoms with van der Waals surface area (Å²) in [6, 6.07) is 2.03. The van der Waals surface area contributed by atoms with Gasteiger partial charge in [-0.25, -0.2) is 0 Å². The molecule has 1 atom stereocenters. The molecule has 0 bridgehead atoms. The van der Waals surface area contributed by atoms with Crippen molar-refractivity contribution < 1.29 is 5.11 Å². The van der Waals surface area contributed by atoms with Crippen molar-refractivity contribution in [1.82, 2.24) is 0 Å². The van der Waals surface area contributed by atoms with E-state index in [0.717, 1.165) is 15.8 Å². The first-order valence-electron chi connectivity index (χ1n) is 5.14. The van der Waals surface area contributed by atoms with Crippen molar-refractivity contribution in [2.75, 3.05) is 0 Å². The molecule has 1 unspecified atom stereocenters. The Morgan fingerprint density at radius 2 is 2.36 bits per heavy atom. The maximum atomic E-state index is 10.7. The minimum Gasteiger partial charge on any atom is -0.384 e. The SMILES string of the molecule is CCC(O)(c1sccc1Br)C1CCC1. The van der Waals surface area contributed by atoms with Crippen LogP contribution in [0.3, 0.4) is 0 Å². The van der Waals surface area contributed by atoms with Crippen molar-refractivity contribution in [3.63, 3.8) is 0 Å². The van der Waals surface area contributed by atoms with Crippen molar-refractivity contribution >= 4 is 27.3 Å². The van der Waals surface area contributed by atoms with E-state index in [-0.39, 0.29) is 0 Å². The van der Waals surface area contributed by atoms with Crippen LogP contribution < -0.4 is 0 Å². The fourth-order valence-corrected chi connectivity index (χ4v) is 4.09. The highest BCUT2D eigenvalue weighted by molar-refractivity contribution is 9.10. The van der Waals surface area contributed by atoms with Gasteiger partial charge in [-0.15, -0.1) is 11.3 Å². The number of thiophene rings is 1. The fraction of sp³-hybridized carbons (Fsp3) is 0.636. The van der Waals surface area contributed by atoms with Crippen LogP contribution in [0.15, 0.2) is 15.9 Å². The molecule has 1 nitrogen and oxygen atoms in total. The number of rotatable bonds is 3. The van der Waals surface area contributed by atoms with Crippen LogP contribution >= 0.6 is 27.3 Å². The highest BCUT2D eigenvalue weighted by Crippen LogP contribution is 2.48. The fourth-order valence-electron chi connectivity index (χ4n) is 2.12. The van der Waals surface area contributed by atoms with Gasteiger partial charge in [-0.05, 0) is 52.6 Å². The molecule has 1 aromatic rings. The molecule has 1 fully saturated rings. The summed E-state index contributed by atoms with van der Waals surface area (Å²) in [7, 11) is 0. The van der Waals surface area contributed by atoms with Crippen LogP contribution in [0.2, 0.25) is 0 Å². The van der Waals surface area contributed by atoms with E-state index < -0.39 is 5.60 Å². The van der Waals surface area contributed by atoms with Crippen LogP contribution in [-0.4, -0.2) is 5.11 Å². The Hall–Kier alpha value is 0.140. The van der Waals surface area contributed by atoms with E-state index in [1.165, 1.54) is 19.3 Å². The average Bonchev–Trinajstić information content (AvgIpc) is 2.48. The van der Waals surface area contributed by atoms with Crippen molar-refractivity contribution in [3.05, 3.63) is 20.8 Å². The Kier molecular flexibility index (Phi) is 3.01. The molecule has 1 heterocycles. The van der Waals surface area contributed by atoms with Crippen LogP contribution in [0.1, 0.15) is 37.5 Å². The molecular weight excluding hydrogens is 260 g/mol. The van der Waals surface area contributed by atoms with E-state index >= 15 is 0 Å². The molecule has 0 radical (unpaired) electrons. The van der Waals surface area contributed by atoms with Crippen LogP contribution in [-0.2, 0) is 5.60 Å². The average molecular weight is 275 g/mol. The molecule has 14 heavy (non-hydrogen) atoms. The lowest BCUT2D eigenvalue weighted by Crippen LogP contribution is -2.38. The van der Waals surface area contributed by atoms with Crippen LogP contribution in [0.4, 0.5) is 0 Å². The zero-order valence-electron chi connectivity index (χ0n) is 8.29. The van der Waals surface area contributed by atoms with Crippen molar-refractivity contribution in [2.24, 2.45) is 5.92 Å². The lowest BCUT2D eigenvalue weighted by atomic mass is 9.71. The Labute approximate surface area is 97.3 Å². The first kappa shape index (κ1) is 10.7. The van der Waals surface area contributed by atoms with Gasteiger partial charge in [0, 0.05) is 4.47 Å². The van der Waals surface area contributed by atoms with Gasteiger partial charge in [0.15, 0.2) is 0 Å². The van der Waals surface area contributed by atoms with Crippen molar-refractivity contribution in [3.8, 4) is 0 Å². The second kappa shape index (κ2) is 3.95. The van der Waals surface area contributed by atoms with Crippen LogP contribution in [0.25, 0.3) is 0 Å². The molecule has 0 saturated heterocycles. The molecule has 0 aliphatic heterocycles. The molecule has 0 aromatic carbocycles. The molecule has 1 aliphatic rings. The van der Waals surface area contributed by atoms with Gasteiger partial charge in [-0.1, -0.05) is 13.3 Å². The van der Waals surface area contributed by atoms with Crippen LogP contribution in [0, 0.1) is 5.92 Å². The normalized spacial score (nSPS) is 21.6. The lowest BCUT2D eigenvalue weighted by Gasteiger charge is -2.40. The first-order valence-corrected chi connectivity index (χ1v) is 6.81. The molecule has 0 amide bonds. The predicted molar refractivity (Wildman–Crippen MR) is 63.5 cm³/mol. The first-order chi connectivity index (χ1) is 6.68. The topological polar surface area (TPSA) is 20.2 Å². The molecule has 1 saturated carbocycles. The molecule has 2 rings (SSSR count). The maximum absolute atomic E-state index is 10.7. The highest BCUT2D eigenvalue weighted by Gasteiger charge is 2.41. The molecule has 1 aromatic heterocycles. The Balaban J connectivity index is 2.31. The minimum atomic E-state index is -0.578. The van der Waals surface area contributed by atoms with Gasteiger partial charge in [-0.2, -0.15) is 0 Å². The van der Waals surface area contributed by atoms with Gasteiger partial charge in [0.2, 0.25) is 0 Å². The smallest absolute Gasteiger partial charge is 0.102 e. The zero-order valence-corrected chi connectivity index (χ0v) is 10.7. The van der Waals surface area contributed by atoms with E-state index in [0.29, 0.717) is 5.92 Å². The monoisotopic (exact) mass is 274 g/mol. The summed E-state index contributed by atoms with van der Waals surface area (Å²) in [6.45, 7) is 2.07. The highest BCUT2D eigenvalue weighted by atomic mass is 79.9. The number of halogens is 1. The Morgan fingerprint density at radius 1 is 1.64 bits per heavy atom. The second-order valence-electron chi connectivity index (χ2n) is 4.00. The number of hydrogen-bond donors (Lipinski definition) is 1. The summed E-state index contributed by atoms with van der Waals surface area (Å²) in [5.41, 5.74) is -0.578. The van der Waals surface area contributed by atoms with Crippen molar-refractivity contribution in [1.29, 1.82) is 0 Å². The molecule has 1 N–H and O–H groups in total. The summed E-state index contributed by atoms with van der Waals surface area (Å²) in [4.78, 5) is 1.12. The molecule has 78 valence electrons. The van der Waals surface area contributed by atoms with Gasteiger partial charge in [0.1, 0.15) is 5.60 Å². The van der Waals surface area contributed by atoms with Crippen molar-refractivity contribution in [2.45, 2.75) is 38.2 Å². The third-order valence-corrected chi connectivity index (χ3v) is 5.33. The van der Waals surface area contributed by atoms with E-state index in [9.17, 15) is 5.11 Å². The maximum Gasteiger partial charge on any atom is 0.102 e. The van der Waals surface area contributed by atoms with E-state index in [2.05, 4.69) is 22.9 Å². The Bertz CT molecular complexity index is 319. The van der Waals surface area contributed by atoms with E-state index in [1.807, 2.05) is 11.4 Å². The molecule has 3 heteroatoms. The van der Waals surface area contributed by atoms with Crippen LogP contribution in [0.5, 0.6) is 0 Å². The molecule has 0 spiro atoms. The van der Waals surface area contributed by atoms with Gasteiger partial charge < -0.3 is 5.11 Å².